The zero-order valence-corrected chi connectivity index (χ0v) is 21.7. The van der Waals surface area contributed by atoms with Crippen LogP contribution in [0.25, 0.3) is 0 Å². The van der Waals surface area contributed by atoms with Crippen LogP contribution < -0.4 is 10.6 Å². The third kappa shape index (κ3) is 5.82. The molecule has 194 valence electrons. The van der Waals surface area contributed by atoms with E-state index in [2.05, 4.69) is 15.7 Å². The van der Waals surface area contributed by atoms with E-state index in [1.807, 2.05) is 0 Å². The molecule has 6 nitrogen and oxygen atoms in total. The van der Waals surface area contributed by atoms with Crippen molar-refractivity contribution in [1.82, 2.24) is 15.1 Å². The molecule has 0 radical (unpaired) electrons. The summed E-state index contributed by atoms with van der Waals surface area (Å²) < 4.78 is 40.1. The van der Waals surface area contributed by atoms with Gasteiger partial charge in [-0.15, -0.1) is 11.3 Å². The van der Waals surface area contributed by atoms with Gasteiger partial charge < -0.3 is 10.6 Å². The average molecular weight is 539 g/mol. The number of aromatic nitrogens is 2. The quantitative estimate of drug-likeness (QED) is 0.435. The molecular formula is C25H29F3N4O2S2. The minimum absolute atomic E-state index is 0.0890. The maximum absolute atomic E-state index is 13.2. The third-order valence-electron chi connectivity index (χ3n) is 7.19. The Kier molecular flexibility index (Phi) is 6.97. The maximum atomic E-state index is 13.2. The van der Waals surface area contributed by atoms with Gasteiger partial charge in [-0.1, -0.05) is 12.2 Å². The van der Waals surface area contributed by atoms with E-state index in [-0.39, 0.29) is 29.3 Å². The predicted octanol–water partition coefficient (Wildman–Crippen LogP) is 5.10. The highest BCUT2D eigenvalue weighted by Gasteiger charge is 2.36. The summed E-state index contributed by atoms with van der Waals surface area (Å²) in [5, 5.41) is 9.51. The fraction of sp³-hybridized carbons (Fsp3) is 0.600. The molecule has 5 rings (SSSR count). The van der Waals surface area contributed by atoms with Crippen molar-refractivity contribution in [2.24, 2.45) is 24.8 Å². The molecule has 1 atom stereocenters. The van der Waals surface area contributed by atoms with E-state index < -0.39 is 11.9 Å². The number of aryl methyl sites for hydroxylation is 2. The first kappa shape index (κ1) is 25.4. The SMILES string of the molecule is Cn1nc(C(F)(F)F)cc1NC(=S)C[C@H]1CCc2sc(CC(=O)C3CC3)c(C(=O)NCC3CC3)c2C1. The van der Waals surface area contributed by atoms with Gasteiger partial charge in [-0.2, -0.15) is 18.3 Å². The molecule has 3 aliphatic rings. The van der Waals surface area contributed by atoms with Crippen LogP contribution in [-0.2, 0) is 37.3 Å². The minimum Gasteiger partial charge on any atom is -0.352 e. The molecule has 2 saturated carbocycles. The lowest BCUT2D eigenvalue weighted by Crippen LogP contribution is -2.28. The molecule has 2 fully saturated rings. The summed E-state index contributed by atoms with van der Waals surface area (Å²) in [4.78, 5) is 28.3. The summed E-state index contributed by atoms with van der Waals surface area (Å²) in [6, 6.07) is 0.954. The van der Waals surface area contributed by atoms with Gasteiger partial charge in [0.15, 0.2) is 5.69 Å². The zero-order valence-electron chi connectivity index (χ0n) is 20.0. The molecule has 0 unspecified atom stereocenters. The van der Waals surface area contributed by atoms with Gasteiger partial charge in [0.1, 0.15) is 11.6 Å². The number of thiophene rings is 1. The molecule has 0 bridgehead atoms. The number of anilines is 1. The van der Waals surface area contributed by atoms with Crippen molar-refractivity contribution < 1.29 is 22.8 Å². The first-order valence-corrected chi connectivity index (χ1v) is 13.7. The van der Waals surface area contributed by atoms with Gasteiger partial charge in [-0.25, -0.2) is 0 Å². The number of hydrogen-bond donors (Lipinski definition) is 2. The molecule has 11 heteroatoms. The number of nitrogens with zero attached hydrogens (tertiary/aromatic N) is 2. The van der Waals surface area contributed by atoms with Crippen LogP contribution in [0.1, 0.15) is 69.9 Å². The maximum Gasteiger partial charge on any atom is 0.435 e. The molecular weight excluding hydrogens is 509 g/mol. The molecule has 0 aromatic carbocycles. The van der Waals surface area contributed by atoms with Crippen LogP contribution in [0.3, 0.4) is 0 Å². The number of rotatable bonds is 9. The topological polar surface area (TPSA) is 76.0 Å². The summed E-state index contributed by atoms with van der Waals surface area (Å²) >= 11 is 7.08. The largest absolute Gasteiger partial charge is 0.435 e. The van der Waals surface area contributed by atoms with E-state index >= 15 is 0 Å². The number of fused-ring (bicyclic) bond motifs is 1. The van der Waals surface area contributed by atoms with Crippen LogP contribution >= 0.6 is 23.6 Å². The molecule has 2 aromatic heterocycles. The highest BCUT2D eigenvalue weighted by Crippen LogP contribution is 2.40. The second-order valence-electron chi connectivity index (χ2n) is 10.3. The lowest BCUT2D eigenvalue weighted by molar-refractivity contribution is -0.141. The Morgan fingerprint density at radius 3 is 2.58 bits per heavy atom. The number of carbonyl (C=O) groups is 2. The van der Waals surface area contributed by atoms with Crippen molar-refractivity contribution in [1.29, 1.82) is 0 Å². The lowest BCUT2D eigenvalue weighted by atomic mass is 9.83. The number of halogens is 3. The van der Waals surface area contributed by atoms with Gasteiger partial charge in [0.25, 0.3) is 5.91 Å². The van der Waals surface area contributed by atoms with Crippen LogP contribution in [0.4, 0.5) is 19.0 Å². The molecule has 1 amide bonds. The molecule has 0 saturated heterocycles. The van der Waals surface area contributed by atoms with Gasteiger partial charge in [0, 0.05) is 48.2 Å². The van der Waals surface area contributed by atoms with Crippen LogP contribution in [0.15, 0.2) is 6.07 Å². The predicted molar refractivity (Wildman–Crippen MR) is 135 cm³/mol. The number of carbonyl (C=O) groups excluding carboxylic acids is 2. The standard InChI is InChI=1S/C25H29F3N4O2S2/c1-32-21(11-20(31-32)25(26,27)28)30-22(35)9-14-4-7-18-16(8-14)23(24(34)29-12-13-2-3-13)19(36-18)10-17(33)15-5-6-15/h11,13-15H,2-10,12H2,1H3,(H,29,34)(H,30,35)/t14-/m0/s1. The van der Waals surface area contributed by atoms with Crippen molar-refractivity contribution >= 4 is 46.1 Å². The second-order valence-corrected chi connectivity index (χ2v) is 12.0. The molecule has 2 N–H and O–H groups in total. The summed E-state index contributed by atoms with van der Waals surface area (Å²) in [6.45, 7) is 0.668. The molecule has 3 aliphatic carbocycles. The fourth-order valence-corrected chi connectivity index (χ4v) is 6.51. The molecule has 2 heterocycles. The number of amides is 1. The molecule has 36 heavy (non-hydrogen) atoms. The van der Waals surface area contributed by atoms with E-state index in [9.17, 15) is 22.8 Å². The van der Waals surface area contributed by atoms with E-state index in [0.29, 0.717) is 42.3 Å². The summed E-state index contributed by atoms with van der Waals surface area (Å²) in [6.07, 6.45) is 2.81. The van der Waals surface area contributed by atoms with Crippen LogP contribution in [0.5, 0.6) is 0 Å². The van der Waals surface area contributed by atoms with E-state index in [4.69, 9.17) is 12.2 Å². The summed E-state index contributed by atoms with van der Waals surface area (Å²) in [7, 11) is 1.44. The van der Waals surface area contributed by atoms with Crippen molar-refractivity contribution in [3.8, 4) is 0 Å². The number of ketones is 1. The minimum atomic E-state index is -4.52. The Morgan fingerprint density at radius 2 is 1.94 bits per heavy atom. The number of Topliss-reactive ketones (excluding diaryl/α,β-unsaturated/α-hetero) is 1. The fourth-order valence-electron chi connectivity index (χ4n) is 4.81. The monoisotopic (exact) mass is 538 g/mol. The van der Waals surface area contributed by atoms with Gasteiger partial charge in [-0.05, 0) is 62.3 Å². The highest BCUT2D eigenvalue weighted by atomic mass is 32.1. The van der Waals surface area contributed by atoms with E-state index in [1.54, 1.807) is 11.3 Å². The summed E-state index contributed by atoms with van der Waals surface area (Å²) in [5.74, 6) is 1.19. The second kappa shape index (κ2) is 9.89. The van der Waals surface area contributed by atoms with Gasteiger partial charge in [0.2, 0.25) is 0 Å². The number of alkyl halides is 3. The van der Waals surface area contributed by atoms with Crippen LogP contribution in [0.2, 0.25) is 0 Å². The molecule has 0 aliphatic heterocycles. The van der Waals surface area contributed by atoms with Crippen molar-refractivity contribution in [2.45, 2.75) is 64.0 Å². The van der Waals surface area contributed by atoms with Crippen molar-refractivity contribution in [3.05, 3.63) is 32.6 Å². The molecule has 2 aromatic rings. The Bertz CT molecular complexity index is 1190. The Labute approximate surface area is 217 Å². The molecule has 0 spiro atoms. The van der Waals surface area contributed by atoms with Crippen LogP contribution in [0, 0.1) is 17.8 Å². The smallest absolute Gasteiger partial charge is 0.352 e. The van der Waals surface area contributed by atoms with Crippen LogP contribution in [-0.4, -0.2) is 33.0 Å². The summed E-state index contributed by atoms with van der Waals surface area (Å²) in [5.41, 5.74) is 0.728. The average Bonchev–Trinajstić information content (AvgIpc) is 3.72. The van der Waals surface area contributed by atoms with E-state index in [1.165, 1.54) is 11.9 Å². The normalized spacial score (nSPS) is 19.6. The number of nitrogens with one attached hydrogen (secondary N) is 2. The van der Waals surface area contributed by atoms with Crippen molar-refractivity contribution in [3.63, 3.8) is 0 Å². The van der Waals surface area contributed by atoms with Crippen molar-refractivity contribution in [2.75, 3.05) is 11.9 Å². The Balaban J connectivity index is 1.29. The first-order valence-electron chi connectivity index (χ1n) is 12.4. The van der Waals surface area contributed by atoms with Gasteiger partial charge in [0.05, 0.1) is 10.6 Å². The van der Waals surface area contributed by atoms with E-state index in [0.717, 1.165) is 59.7 Å². The third-order valence-corrected chi connectivity index (χ3v) is 8.75. The Hall–Kier alpha value is -2.27. The zero-order chi connectivity index (χ0) is 25.6. The van der Waals surface area contributed by atoms with Gasteiger partial charge in [-0.3, -0.25) is 14.3 Å². The Morgan fingerprint density at radius 1 is 1.19 bits per heavy atom. The first-order chi connectivity index (χ1) is 17.1. The number of hydrogen-bond acceptors (Lipinski definition) is 5. The highest BCUT2D eigenvalue weighted by molar-refractivity contribution is 7.80. The lowest BCUT2D eigenvalue weighted by Gasteiger charge is -2.23. The van der Waals surface area contributed by atoms with Gasteiger partial charge >= 0.3 is 6.18 Å². The number of thiocarbonyl (C=S) groups is 1.